The molecule has 1 aromatic heterocycles. The van der Waals surface area contributed by atoms with Crippen LogP contribution in [0, 0.1) is 23.2 Å². The number of hydrogen-bond donors (Lipinski definition) is 0. The van der Waals surface area contributed by atoms with Gasteiger partial charge in [-0.1, -0.05) is 13.3 Å². The average Bonchev–Trinajstić information content (AvgIpc) is 2.59. The summed E-state index contributed by atoms with van der Waals surface area (Å²) < 4.78 is 1.89. The summed E-state index contributed by atoms with van der Waals surface area (Å²) in [6, 6.07) is 3.80. The van der Waals surface area contributed by atoms with Crippen molar-refractivity contribution in [2.24, 2.45) is 11.8 Å². The van der Waals surface area contributed by atoms with Crippen molar-refractivity contribution in [2.45, 2.75) is 26.3 Å². The summed E-state index contributed by atoms with van der Waals surface area (Å²) in [6.07, 6.45) is 4.55. The summed E-state index contributed by atoms with van der Waals surface area (Å²) in [5.74, 6) is 1.60. The van der Waals surface area contributed by atoms with Gasteiger partial charge in [0.05, 0.1) is 0 Å². The Balaban J connectivity index is 1.98. The lowest BCUT2D eigenvalue weighted by molar-refractivity contribution is 0.165. The van der Waals surface area contributed by atoms with Crippen LogP contribution in [0.25, 0.3) is 0 Å². The predicted octanol–water partition coefficient (Wildman–Crippen LogP) is 1.80. The number of nitrogens with zero attached hydrogens (tertiary/aromatic N) is 3. The Morgan fingerprint density at radius 3 is 3.00 bits per heavy atom. The van der Waals surface area contributed by atoms with Crippen LogP contribution < -0.4 is 0 Å². The summed E-state index contributed by atoms with van der Waals surface area (Å²) in [4.78, 5) is 0. The van der Waals surface area contributed by atoms with Crippen LogP contribution >= 0.6 is 0 Å². The van der Waals surface area contributed by atoms with Crippen molar-refractivity contribution in [3.63, 3.8) is 0 Å². The van der Waals surface area contributed by atoms with Crippen LogP contribution in [-0.2, 0) is 6.54 Å². The summed E-state index contributed by atoms with van der Waals surface area (Å²) >= 11 is 0. The van der Waals surface area contributed by atoms with Crippen LogP contribution in [0.4, 0.5) is 0 Å². The quantitative estimate of drug-likeness (QED) is 0.687. The highest BCUT2D eigenvalue weighted by molar-refractivity contribution is 5.16. The maximum atomic E-state index is 8.58. The second-order valence-electron chi connectivity index (χ2n) is 3.85. The largest absolute Gasteiger partial charge is 0.271 e. The molecule has 0 aliphatic heterocycles. The monoisotopic (exact) mass is 175 g/mol. The maximum absolute atomic E-state index is 8.58. The summed E-state index contributed by atoms with van der Waals surface area (Å²) in [7, 11) is 0. The van der Waals surface area contributed by atoms with Gasteiger partial charge < -0.3 is 0 Å². The first-order valence-electron chi connectivity index (χ1n) is 4.73. The van der Waals surface area contributed by atoms with E-state index in [1.165, 1.54) is 12.8 Å². The van der Waals surface area contributed by atoms with E-state index in [2.05, 4.69) is 12.0 Å². The second kappa shape index (κ2) is 3.21. The molecule has 1 aliphatic rings. The van der Waals surface area contributed by atoms with Crippen molar-refractivity contribution in [3.8, 4) is 6.07 Å². The summed E-state index contributed by atoms with van der Waals surface area (Å²) in [5, 5.41) is 12.7. The molecule has 68 valence electrons. The van der Waals surface area contributed by atoms with Crippen LogP contribution in [0.1, 0.15) is 25.5 Å². The second-order valence-corrected chi connectivity index (χ2v) is 3.85. The SMILES string of the molecule is C[C@H]1CC[C@H]1Cn1ccc(C#N)n1. The lowest BCUT2D eigenvalue weighted by Crippen LogP contribution is -2.27. The lowest BCUT2D eigenvalue weighted by atomic mass is 9.75. The molecule has 2 rings (SSSR count). The zero-order valence-electron chi connectivity index (χ0n) is 7.77. The van der Waals surface area contributed by atoms with E-state index >= 15 is 0 Å². The number of rotatable bonds is 2. The Morgan fingerprint density at radius 2 is 2.54 bits per heavy atom. The van der Waals surface area contributed by atoms with E-state index in [0.717, 1.165) is 18.4 Å². The molecule has 0 saturated heterocycles. The van der Waals surface area contributed by atoms with Crippen LogP contribution in [-0.4, -0.2) is 9.78 Å². The molecule has 0 aromatic carbocycles. The van der Waals surface area contributed by atoms with Crippen LogP contribution in [0.15, 0.2) is 12.3 Å². The van der Waals surface area contributed by atoms with Crippen molar-refractivity contribution < 1.29 is 0 Å². The summed E-state index contributed by atoms with van der Waals surface area (Å²) in [6.45, 7) is 3.26. The zero-order chi connectivity index (χ0) is 9.26. The molecule has 0 unspecified atom stereocenters. The van der Waals surface area contributed by atoms with Crippen molar-refractivity contribution in [3.05, 3.63) is 18.0 Å². The zero-order valence-corrected chi connectivity index (χ0v) is 7.77. The van der Waals surface area contributed by atoms with Crippen LogP contribution in [0.3, 0.4) is 0 Å². The number of nitriles is 1. The number of aromatic nitrogens is 2. The highest BCUT2D eigenvalue weighted by Crippen LogP contribution is 2.34. The smallest absolute Gasteiger partial charge is 0.162 e. The third-order valence-electron chi connectivity index (χ3n) is 2.97. The third kappa shape index (κ3) is 1.57. The molecule has 2 atom stereocenters. The minimum absolute atomic E-state index is 0.520. The van der Waals surface area contributed by atoms with Gasteiger partial charge in [-0.25, -0.2) is 0 Å². The first-order chi connectivity index (χ1) is 6.29. The molecule has 1 aliphatic carbocycles. The summed E-state index contributed by atoms with van der Waals surface area (Å²) in [5.41, 5.74) is 0.520. The van der Waals surface area contributed by atoms with Gasteiger partial charge in [-0.2, -0.15) is 10.4 Å². The molecule has 1 aromatic rings. The van der Waals surface area contributed by atoms with Gasteiger partial charge in [0.25, 0.3) is 0 Å². The molecule has 1 saturated carbocycles. The van der Waals surface area contributed by atoms with E-state index in [9.17, 15) is 0 Å². The van der Waals surface area contributed by atoms with E-state index in [0.29, 0.717) is 5.69 Å². The standard InChI is InChI=1S/C10H13N3/c1-8-2-3-9(8)7-13-5-4-10(6-11)12-13/h4-5,8-9H,2-3,7H2,1H3/t8-,9-/m0/s1. The molecular formula is C10H13N3. The van der Waals surface area contributed by atoms with Crippen molar-refractivity contribution in [2.75, 3.05) is 0 Å². The molecule has 0 spiro atoms. The lowest BCUT2D eigenvalue weighted by Gasteiger charge is -2.33. The predicted molar refractivity (Wildman–Crippen MR) is 48.8 cm³/mol. The van der Waals surface area contributed by atoms with E-state index in [1.54, 1.807) is 6.07 Å². The molecule has 0 N–H and O–H groups in total. The Morgan fingerprint density at radius 1 is 1.69 bits per heavy atom. The fourth-order valence-electron chi connectivity index (χ4n) is 1.77. The molecule has 1 heterocycles. The topological polar surface area (TPSA) is 41.6 Å². The molecule has 3 nitrogen and oxygen atoms in total. The first kappa shape index (κ1) is 8.31. The van der Waals surface area contributed by atoms with Gasteiger partial charge in [-0.3, -0.25) is 4.68 Å². The van der Waals surface area contributed by atoms with Gasteiger partial charge >= 0.3 is 0 Å². The number of hydrogen-bond acceptors (Lipinski definition) is 2. The van der Waals surface area contributed by atoms with Gasteiger partial charge in [-0.15, -0.1) is 0 Å². The molecule has 3 heteroatoms. The van der Waals surface area contributed by atoms with Crippen molar-refractivity contribution >= 4 is 0 Å². The van der Waals surface area contributed by atoms with Gasteiger partial charge in [0.15, 0.2) is 5.69 Å². The van der Waals surface area contributed by atoms with Gasteiger partial charge in [0.1, 0.15) is 6.07 Å². The van der Waals surface area contributed by atoms with Crippen molar-refractivity contribution in [1.29, 1.82) is 5.26 Å². The Kier molecular flexibility index (Phi) is 2.05. The Labute approximate surface area is 78.0 Å². The fraction of sp³-hybridized carbons (Fsp3) is 0.600. The minimum Gasteiger partial charge on any atom is -0.271 e. The Bertz CT molecular complexity index is 334. The molecular weight excluding hydrogens is 162 g/mol. The van der Waals surface area contributed by atoms with Gasteiger partial charge in [0, 0.05) is 12.7 Å². The minimum atomic E-state index is 0.520. The first-order valence-corrected chi connectivity index (χ1v) is 4.73. The maximum Gasteiger partial charge on any atom is 0.162 e. The highest BCUT2D eigenvalue weighted by atomic mass is 15.3. The van der Waals surface area contributed by atoms with Crippen LogP contribution in [0.2, 0.25) is 0 Å². The molecule has 0 radical (unpaired) electrons. The van der Waals surface area contributed by atoms with E-state index < -0.39 is 0 Å². The Hall–Kier alpha value is -1.30. The average molecular weight is 175 g/mol. The van der Waals surface area contributed by atoms with E-state index in [4.69, 9.17) is 5.26 Å². The highest BCUT2D eigenvalue weighted by Gasteiger charge is 2.26. The molecule has 13 heavy (non-hydrogen) atoms. The fourth-order valence-corrected chi connectivity index (χ4v) is 1.77. The third-order valence-corrected chi connectivity index (χ3v) is 2.97. The van der Waals surface area contributed by atoms with Crippen LogP contribution in [0.5, 0.6) is 0 Å². The molecule has 0 amide bonds. The molecule has 0 bridgehead atoms. The van der Waals surface area contributed by atoms with E-state index in [-0.39, 0.29) is 0 Å². The van der Waals surface area contributed by atoms with Gasteiger partial charge in [0.2, 0.25) is 0 Å². The van der Waals surface area contributed by atoms with E-state index in [1.807, 2.05) is 16.9 Å². The van der Waals surface area contributed by atoms with Gasteiger partial charge in [-0.05, 0) is 24.3 Å². The normalized spacial score (nSPS) is 26.5. The van der Waals surface area contributed by atoms with Crippen molar-refractivity contribution in [1.82, 2.24) is 9.78 Å². The molecule has 1 fully saturated rings.